The Morgan fingerprint density at radius 3 is 2.20 bits per heavy atom. The second-order valence-corrected chi connectivity index (χ2v) is 6.18. The van der Waals surface area contributed by atoms with E-state index in [9.17, 15) is 14.9 Å². The molecule has 1 amide bonds. The average Bonchev–Trinajstić information content (AvgIpc) is 2.78. The van der Waals surface area contributed by atoms with E-state index in [1.54, 1.807) is 24.3 Å². The number of nitrogens with zero attached hydrogens (tertiary/aromatic N) is 2. The van der Waals surface area contributed by atoms with Crippen LogP contribution in [0.5, 0.6) is 11.5 Å². The first-order valence-electron chi connectivity index (χ1n) is 9.06. The summed E-state index contributed by atoms with van der Waals surface area (Å²) >= 11 is 0. The predicted molar refractivity (Wildman–Crippen MR) is 112 cm³/mol. The van der Waals surface area contributed by atoms with Crippen molar-refractivity contribution in [3.05, 3.63) is 100 Å². The van der Waals surface area contributed by atoms with Crippen molar-refractivity contribution in [3.63, 3.8) is 0 Å². The van der Waals surface area contributed by atoms with E-state index in [0.717, 1.165) is 5.56 Å². The fourth-order valence-corrected chi connectivity index (χ4v) is 2.42. The lowest BCUT2D eigenvalue weighted by molar-refractivity contribution is -0.384. The summed E-state index contributed by atoms with van der Waals surface area (Å²) in [5, 5.41) is 14.4. The third-order valence-electron chi connectivity index (χ3n) is 3.95. The van der Waals surface area contributed by atoms with Crippen molar-refractivity contribution in [3.8, 4) is 11.5 Å². The van der Waals surface area contributed by atoms with Crippen molar-refractivity contribution >= 4 is 17.8 Å². The summed E-state index contributed by atoms with van der Waals surface area (Å²) < 4.78 is 11.1. The third kappa shape index (κ3) is 6.45. The Hall–Kier alpha value is -4.20. The Balaban J connectivity index is 1.40. The maximum atomic E-state index is 11.8. The minimum Gasteiger partial charge on any atom is -0.489 e. The minimum atomic E-state index is -0.484. The number of nitro groups is 1. The van der Waals surface area contributed by atoms with Gasteiger partial charge in [0.25, 0.3) is 11.6 Å². The van der Waals surface area contributed by atoms with Crippen LogP contribution >= 0.6 is 0 Å². The number of ether oxygens (including phenoxy) is 2. The van der Waals surface area contributed by atoms with Crippen LogP contribution in [-0.4, -0.2) is 23.7 Å². The standard InChI is InChI=1S/C22H19N3O5/c26-22(24-23-14-17-6-8-19(9-7-17)25(27)28)16-30-21-12-10-20(11-13-21)29-15-18-4-2-1-3-5-18/h1-14H,15-16H2,(H,24,26). The van der Waals surface area contributed by atoms with Gasteiger partial charge in [-0.15, -0.1) is 0 Å². The second-order valence-electron chi connectivity index (χ2n) is 6.18. The summed E-state index contributed by atoms with van der Waals surface area (Å²) in [5.74, 6) is 0.789. The molecule has 0 radical (unpaired) electrons. The van der Waals surface area contributed by atoms with Crippen LogP contribution in [0.2, 0.25) is 0 Å². The molecule has 0 aliphatic heterocycles. The molecule has 1 N–H and O–H groups in total. The van der Waals surface area contributed by atoms with Gasteiger partial charge in [0.1, 0.15) is 18.1 Å². The summed E-state index contributed by atoms with van der Waals surface area (Å²) in [7, 11) is 0. The first-order chi connectivity index (χ1) is 14.6. The monoisotopic (exact) mass is 405 g/mol. The Kier molecular flexibility index (Phi) is 7.10. The van der Waals surface area contributed by atoms with Crippen LogP contribution in [-0.2, 0) is 11.4 Å². The number of carbonyl (C=O) groups is 1. The van der Waals surface area contributed by atoms with Crippen LogP contribution in [0.15, 0.2) is 84.0 Å². The average molecular weight is 405 g/mol. The summed E-state index contributed by atoms with van der Waals surface area (Å²) in [4.78, 5) is 21.9. The summed E-state index contributed by atoms with van der Waals surface area (Å²) in [5.41, 5.74) is 4.01. The van der Waals surface area contributed by atoms with Gasteiger partial charge in [0.15, 0.2) is 6.61 Å². The van der Waals surface area contributed by atoms with Crippen molar-refractivity contribution in [2.75, 3.05) is 6.61 Å². The highest BCUT2D eigenvalue weighted by molar-refractivity contribution is 5.83. The number of rotatable bonds is 9. The van der Waals surface area contributed by atoms with Gasteiger partial charge in [0.05, 0.1) is 11.1 Å². The van der Waals surface area contributed by atoms with Gasteiger partial charge >= 0.3 is 0 Å². The van der Waals surface area contributed by atoms with Crippen LogP contribution in [0, 0.1) is 10.1 Å². The molecule has 8 heteroatoms. The molecule has 0 saturated heterocycles. The summed E-state index contributed by atoms with van der Waals surface area (Å²) in [6.45, 7) is 0.262. The zero-order chi connectivity index (χ0) is 21.2. The van der Waals surface area contributed by atoms with Crippen LogP contribution in [0.1, 0.15) is 11.1 Å². The van der Waals surface area contributed by atoms with Gasteiger partial charge in [-0.2, -0.15) is 5.10 Å². The maximum Gasteiger partial charge on any atom is 0.277 e. The molecule has 0 aliphatic carbocycles. The highest BCUT2D eigenvalue weighted by Crippen LogP contribution is 2.18. The molecule has 0 fully saturated rings. The summed E-state index contributed by atoms with van der Waals surface area (Å²) in [6.07, 6.45) is 1.39. The molecule has 3 rings (SSSR count). The number of benzene rings is 3. The minimum absolute atomic E-state index is 0.0129. The van der Waals surface area contributed by atoms with Crippen LogP contribution in [0.25, 0.3) is 0 Å². The number of nitrogens with one attached hydrogen (secondary N) is 1. The first-order valence-corrected chi connectivity index (χ1v) is 9.06. The van der Waals surface area contributed by atoms with Crippen molar-refractivity contribution in [1.29, 1.82) is 0 Å². The lowest BCUT2D eigenvalue weighted by atomic mass is 10.2. The highest BCUT2D eigenvalue weighted by Gasteiger charge is 2.04. The van der Waals surface area contributed by atoms with E-state index in [-0.39, 0.29) is 12.3 Å². The van der Waals surface area contributed by atoms with E-state index in [1.165, 1.54) is 30.5 Å². The molecule has 0 atom stereocenters. The molecular weight excluding hydrogens is 386 g/mol. The normalized spacial score (nSPS) is 10.5. The molecule has 3 aromatic carbocycles. The lowest BCUT2D eigenvalue weighted by Crippen LogP contribution is -2.24. The van der Waals surface area contributed by atoms with Gasteiger partial charge in [0.2, 0.25) is 0 Å². The predicted octanol–water partition coefficient (Wildman–Crippen LogP) is 3.70. The number of nitro benzene ring substituents is 1. The molecule has 0 spiro atoms. The smallest absolute Gasteiger partial charge is 0.277 e. The van der Waals surface area contributed by atoms with Crippen LogP contribution in [0.4, 0.5) is 5.69 Å². The fourth-order valence-electron chi connectivity index (χ4n) is 2.42. The topological polar surface area (TPSA) is 103 Å². The van der Waals surface area contributed by atoms with E-state index in [4.69, 9.17) is 9.47 Å². The van der Waals surface area contributed by atoms with Crippen molar-refractivity contribution in [2.24, 2.45) is 5.10 Å². The number of hydrogen-bond donors (Lipinski definition) is 1. The van der Waals surface area contributed by atoms with Gasteiger partial charge < -0.3 is 9.47 Å². The molecular formula is C22H19N3O5. The van der Waals surface area contributed by atoms with Crippen molar-refractivity contribution < 1.29 is 19.2 Å². The zero-order valence-electron chi connectivity index (χ0n) is 15.9. The molecule has 152 valence electrons. The number of carbonyl (C=O) groups excluding carboxylic acids is 1. The van der Waals surface area contributed by atoms with Gasteiger partial charge in [0, 0.05) is 12.1 Å². The summed E-state index contributed by atoms with van der Waals surface area (Å²) in [6, 6.07) is 22.6. The molecule has 0 saturated carbocycles. The quantitative estimate of drug-likeness (QED) is 0.332. The van der Waals surface area contributed by atoms with E-state index < -0.39 is 10.8 Å². The molecule has 8 nitrogen and oxygen atoms in total. The third-order valence-corrected chi connectivity index (χ3v) is 3.95. The molecule has 0 unspecified atom stereocenters. The Morgan fingerprint density at radius 1 is 0.933 bits per heavy atom. The van der Waals surface area contributed by atoms with Crippen LogP contribution in [0.3, 0.4) is 0 Å². The van der Waals surface area contributed by atoms with Gasteiger partial charge in [-0.25, -0.2) is 5.43 Å². The second kappa shape index (κ2) is 10.4. The molecule has 0 heterocycles. The lowest BCUT2D eigenvalue weighted by Gasteiger charge is -2.08. The van der Waals surface area contributed by atoms with Crippen molar-refractivity contribution in [2.45, 2.75) is 6.61 Å². The van der Waals surface area contributed by atoms with E-state index >= 15 is 0 Å². The van der Waals surface area contributed by atoms with Gasteiger partial charge in [-0.3, -0.25) is 14.9 Å². The largest absolute Gasteiger partial charge is 0.489 e. The molecule has 3 aromatic rings. The molecule has 0 aliphatic rings. The Labute approximate surface area is 172 Å². The molecule has 0 bridgehead atoms. The number of hydrazone groups is 1. The fraction of sp³-hybridized carbons (Fsp3) is 0.0909. The number of amides is 1. The van der Waals surface area contributed by atoms with Crippen molar-refractivity contribution in [1.82, 2.24) is 5.43 Å². The number of non-ortho nitro benzene ring substituents is 1. The zero-order valence-corrected chi connectivity index (χ0v) is 15.9. The highest BCUT2D eigenvalue weighted by atomic mass is 16.6. The van der Waals surface area contributed by atoms with E-state index in [1.807, 2.05) is 30.3 Å². The van der Waals surface area contributed by atoms with E-state index in [0.29, 0.717) is 23.7 Å². The SMILES string of the molecule is O=C(COc1ccc(OCc2ccccc2)cc1)NN=Cc1ccc([N+](=O)[O-])cc1. The van der Waals surface area contributed by atoms with Gasteiger partial charge in [-0.1, -0.05) is 30.3 Å². The van der Waals surface area contributed by atoms with Crippen LogP contribution < -0.4 is 14.9 Å². The molecule has 30 heavy (non-hydrogen) atoms. The maximum absolute atomic E-state index is 11.8. The van der Waals surface area contributed by atoms with E-state index in [2.05, 4.69) is 10.5 Å². The molecule has 0 aromatic heterocycles. The Morgan fingerprint density at radius 2 is 1.57 bits per heavy atom. The van der Waals surface area contributed by atoms with Gasteiger partial charge in [-0.05, 0) is 47.5 Å². The Bertz CT molecular complexity index is 1000. The number of hydrogen-bond acceptors (Lipinski definition) is 6. The first kappa shape index (κ1) is 20.5.